The van der Waals surface area contributed by atoms with Gasteiger partial charge in [0.25, 0.3) is 0 Å². The molecule has 0 amide bonds. The third kappa shape index (κ3) is 1.94. The minimum Gasteiger partial charge on any atom is -0.378 e. The van der Waals surface area contributed by atoms with E-state index in [1.54, 1.807) is 0 Å². The third-order valence-corrected chi connectivity index (χ3v) is 2.41. The summed E-state index contributed by atoms with van der Waals surface area (Å²) in [5, 5.41) is 0. The minimum atomic E-state index is 0.625. The number of nitrogens with one attached hydrogen (secondary N) is 1. The van der Waals surface area contributed by atoms with Crippen LogP contribution >= 0.6 is 0 Å². The Bertz CT molecular complexity index is 459. The molecule has 0 saturated heterocycles. The van der Waals surface area contributed by atoms with E-state index in [2.05, 4.69) is 27.0 Å². The second-order valence-corrected chi connectivity index (χ2v) is 3.82. The largest absolute Gasteiger partial charge is 0.378 e. The van der Waals surface area contributed by atoms with E-state index in [-0.39, 0.29) is 0 Å². The molecule has 4 heteroatoms. The number of hydrogen-bond donors (Lipinski definition) is 2. The molecule has 0 aliphatic heterocycles. The lowest BCUT2D eigenvalue weighted by Crippen LogP contribution is -2.07. The number of hydrogen-bond acceptors (Lipinski definition) is 3. The second kappa shape index (κ2) is 3.90. The van der Waals surface area contributed by atoms with Gasteiger partial charge in [0, 0.05) is 26.2 Å². The zero-order valence-electron chi connectivity index (χ0n) is 9.12. The minimum absolute atomic E-state index is 0.625. The molecule has 0 atom stereocenters. The molecule has 15 heavy (non-hydrogen) atoms. The Morgan fingerprint density at radius 3 is 2.87 bits per heavy atom. The highest BCUT2D eigenvalue weighted by atomic mass is 15.1. The number of fused-ring (bicyclic) bond motifs is 1. The van der Waals surface area contributed by atoms with Crippen molar-refractivity contribution in [2.75, 3.05) is 25.5 Å². The van der Waals surface area contributed by atoms with Crippen LogP contribution in [0, 0.1) is 0 Å². The van der Waals surface area contributed by atoms with E-state index in [1.165, 1.54) is 5.69 Å². The van der Waals surface area contributed by atoms with Crippen molar-refractivity contribution in [1.82, 2.24) is 9.97 Å². The zero-order chi connectivity index (χ0) is 10.8. The highest BCUT2D eigenvalue weighted by molar-refractivity contribution is 5.79. The van der Waals surface area contributed by atoms with Gasteiger partial charge in [-0.05, 0) is 24.7 Å². The quantitative estimate of drug-likeness (QED) is 0.788. The Morgan fingerprint density at radius 1 is 1.40 bits per heavy atom. The molecule has 0 bridgehead atoms. The molecule has 0 aliphatic rings. The van der Waals surface area contributed by atoms with Crippen LogP contribution < -0.4 is 10.6 Å². The highest BCUT2D eigenvalue weighted by Crippen LogP contribution is 2.18. The predicted octanol–water partition coefficient (Wildman–Crippen LogP) is 1.13. The smallest absolute Gasteiger partial charge is 0.108 e. The topological polar surface area (TPSA) is 57.9 Å². The molecule has 2 aromatic rings. The summed E-state index contributed by atoms with van der Waals surface area (Å²) < 4.78 is 0. The first-order valence-electron chi connectivity index (χ1n) is 5.07. The van der Waals surface area contributed by atoms with Gasteiger partial charge in [0.05, 0.1) is 11.0 Å². The molecule has 3 N–H and O–H groups in total. The predicted molar refractivity (Wildman–Crippen MR) is 63.2 cm³/mol. The molecule has 0 saturated carbocycles. The number of nitrogens with zero attached hydrogens (tertiary/aromatic N) is 2. The van der Waals surface area contributed by atoms with Crippen LogP contribution in [-0.2, 0) is 6.42 Å². The molecule has 1 heterocycles. The number of imidazole rings is 1. The van der Waals surface area contributed by atoms with Crippen LogP contribution in [0.25, 0.3) is 11.0 Å². The van der Waals surface area contributed by atoms with Gasteiger partial charge in [0.2, 0.25) is 0 Å². The zero-order valence-corrected chi connectivity index (χ0v) is 9.12. The summed E-state index contributed by atoms with van der Waals surface area (Å²) in [5.74, 6) is 0.961. The van der Waals surface area contributed by atoms with Gasteiger partial charge in [-0.2, -0.15) is 0 Å². The lowest BCUT2D eigenvalue weighted by atomic mass is 10.2. The Labute approximate surface area is 89.1 Å². The molecule has 80 valence electrons. The number of nitrogens with two attached hydrogens (primary N) is 1. The highest BCUT2D eigenvalue weighted by Gasteiger charge is 2.03. The Kier molecular flexibility index (Phi) is 2.60. The van der Waals surface area contributed by atoms with Crippen molar-refractivity contribution in [1.29, 1.82) is 0 Å². The summed E-state index contributed by atoms with van der Waals surface area (Å²) in [6.45, 7) is 0.625. The summed E-state index contributed by atoms with van der Waals surface area (Å²) >= 11 is 0. The van der Waals surface area contributed by atoms with Gasteiger partial charge < -0.3 is 15.6 Å². The van der Waals surface area contributed by atoms with Gasteiger partial charge in [0.15, 0.2) is 0 Å². The van der Waals surface area contributed by atoms with E-state index < -0.39 is 0 Å². The van der Waals surface area contributed by atoms with Crippen molar-refractivity contribution in [2.45, 2.75) is 6.42 Å². The number of aromatic amines is 1. The SMILES string of the molecule is CN(C)c1ccc2nc(CCN)[nH]c2c1. The molecular formula is C11H16N4. The van der Waals surface area contributed by atoms with Crippen molar-refractivity contribution in [3.8, 4) is 0 Å². The maximum Gasteiger partial charge on any atom is 0.108 e. The van der Waals surface area contributed by atoms with E-state index in [0.29, 0.717) is 6.54 Å². The average Bonchev–Trinajstić information content (AvgIpc) is 2.59. The fraction of sp³-hybridized carbons (Fsp3) is 0.364. The Balaban J connectivity index is 2.43. The first-order chi connectivity index (χ1) is 7.20. The van der Waals surface area contributed by atoms with Crippen molar-refractivity contribution >= 4 is 16.7 Å². The van der Waals surface area contributed by atoms with Crippen LogP contribution in [0.4, 0.5) is 5.69 Å². The van der Waals surface area contributed by atoms with Crippen molar-refractivity contribution < 1.29 is 0 Å². The summed E-state index contributed by atoms with van der Waals surface area (Å²) in [6.07, 6.45) is 0.798. The number of aromatic nitrogens is 2. The van der Waals surface area contributed by atoms with Crippen LogP contribution in [0.15, 0.2) is 18.2 Å². The Morgan fingerprint density at radius 2 is 2.20 bits per heavy atom. The van der Waals surface area contributed by atoms with Crippen LogP contribution in [0.3, 0.4) is 0 Å². The average molecular weight is 204 g/mol. The fourth-order valence-electron chi connectivity index (χ4n) is 1.58. The van der Waals surface area contributed by atoms with Gasteiger partial charge in [-0.25, -0.2) is 4.98 Å². The number of rotatable bonds is 3. The second-order valence-electron chi connectivity index (χ2n) is 3.82. The van der Waals surface area contributed by atoms with Gasteiger partial charge >= 0.3 is 0 Å². The molecule has 1 aromatic carbocycles. The number of anilines is 1. The molecule has 1 aromatic heterocycles. The van der Waals surface area contributed by atoms with Crippen LogP contribution in [0.5, 0.6) is 0 Å². The molecule has 0 aliphatic carbocycles. The molecule has 0 spiro atoms. The van der Waals surface area contributed by atoms with Crippen LogP contribution in [-0.4, -0.2) is 30.6 Å². The lowest BCUT2D eigenvalue weighted by Gasteiger charge is -2.11. The Hall–Kier alpha value is -1.55. The van der Waals surface area contributed by atoms with E-state index >= 15 is 0 Å². The van der Waals surface area contributed by atoms with Gasteiger partial charge in [-0.15, -0.1) is 0 Å². The van der Waals surface area contributed by atoms with Gasteiger partial charge in [-0.3, -0.25) is 0 Å². The first-order valence-corrected chi connectivity index (χ1v) is 5.07. The van der Waals surface area contributed by atoms with Crippen LogP contribution in [0.1, 0.15) is 5.82 Å². The standard InChI is InChI=1S/C11H16N4/c1-15(2)8-3-4-9-10(7-8)14-11(13-9)5-6-12/h3-4,7H,5-6,12H2,1-2H3,(H,13,14). The van der Waals surface area contributed by atoms with Crippen LogP contribution in [0.2, 0.25) is 0 Å². The van der Waals surface area contributed by atoms with E-state index in [4.69, 9.17) is 5.73 Å². The maximum absolute atomic E-state index is 5.49. The molecule has 4 nitrogen and oxygen atoms in total. The monoisotopic (exact) mass is 204 g/mol. The van der Waals surface area contributed by atoms with Crippen molar-refractivity contribution in [3.05, 3.63) is 24.0 Å². The molecule has 2 rings (SSSR count). The summed E-state index contributed by atoms with van der Waals surface area (Å²) in [4.78, 5) is 9.80. The summed E-state index contributed by atoms with van der Waals surface area (Å²) in [5.41, 5.74) is 8.74. The fourth-order valence-corrected chi connectivity index (χ4v) is 1.58. The van der Waals surface area contributed by atoms with Crippen molar-refractivity contribution in [3.63, 3.8) is 0 Å². The maximum atomic E-state index is 5.49. The molecular weight excluding hydrogens is 188 g/mol. The third-order valence-electron chi connectivity index (χ3n) is 2.41. The molecule has 0 fully saturated rings. The molecule has 0 unspecified atom stereocenters. The summed E-state index contributed by atoms with van der Waals surface area (Å²) in [7, 11) is 4.05. The number of benzene rings is 1. The van der Waals surface area contributed by atoms with Crippen molar-refractivity contribution in [2.24, 2.45) is 5.73 Å². The number of H-pyrrole nitrogens is 1. The summed E-state index contributed by atoms with van der Waals surface area (Å²) in [6, 6.07) is 6.19. The van der Waals surface area contributed by atoms with E-state index in [1.807, 2.05) is 20.2 Å². The first kappa shape index (κ1) is 9.98. The van der Waals surface area contributed by atoms with E-state index in [9.17, 15) is 0 Å². The normalized spacial score (nSPS) is 10.9. The molecule has 0 radical (unpaired) electrons. The van der Waals surface area contributed by atoms with Gasteiger partial charge in [0.1, 0.15) is 5.82 Å². The lowest BCUT2D eigenvalue weighted by molar-refractivity contribution is 0.900. The van der Waals surface area contributed by atoms with E-state index in [0.717, 1.165) is 23.3 Å². The van der Waals surface area contributed by atoms with Gasteiger partial charge in [-0.1, -0.05) is 0 Å².